The van der Waals surface area contributed by atoms with Gasteiger partial charge in [0.2, 0.25) is 0 Å². The average Bonchev–Trinajstić information content (AvgIpc) is 2.75. The van der Waals surface area contributed by atoms with Crippen molar-refractivity contribution in [2.75, 3.05) is 4.72 Å². The van der Waals surface area contributed by atoms with Crippen LogP contribution >= 0.6 is 43.2 Å². The normalized spacial score (nSPS) is 11.5. The molecule has 18 heavy (non-hydrogen) atoms. The van der Waals surface area contributed by atoms with Crippen molar-refractivity contribution in [2.45, 2.75) is 11.8 Å². The van der Waals surface area contributed by atoms with Crippen molar-refractivity contribution in [2.24, 2.45) is 0 Å². The number of hydrogen-bond donors (Lipinski definition) is 1. The van der Waals surface area contributed by atoms with E-state index in [9.17, 15) is 8.42 Å². The van der Waals surface area contributed by atoms with E-state index in [4.69, 9.17) is 0 Å². The van der Waals surface area contributed by atoms with Gasteiger partial charge in [0.25, 0.3) is 10.0 Å². The van der Waals surface area contributed by atoms with Gasteiger partial charge in [-0.3, -0.25) is 4.72 Å². The highest BCUT2D eigenvalue weighted by molar-refractivity contribution is 9.11. The highest BCUT2D eigenvalue weighted by Gasteiger charge is 2.20. The Balaban J connectivity index is 2.44. The summed E-state index contributed by atoms with van der Waals surface area (Å²) in [7, 11) is -3.63. The first-order valence-corrected chi connectivity index (χ1v) is 8.73. The molecule has 0 bridgehead atoms. The van der Waals surface area contributed by atoms with Gasteiger partial charge in [-0.05, 0) is 40.5 Å². The quantitative estimate of drug-likeness (QED) is 0.835. The van der Waals surface area contributed by atoms with E-state index in [1.54, 1.807) is 23.7 Å². The largest absolute Gasteiger partial charge is 0.264 e. The lowest BCUT2D eigenvalue weighted by Crippen LogP contribution is -2.13. The van der Waals surface area contributed by atoms with Crippen LogP contribution in [0.25, 0.3) is 0 Å². The molecule has 0 atom stereocenters. The number of thiazole rings is 1. The average molecular weight is 412 g/mol. The second-order valence-corrected chi connectivity index (χ2v) is 7.73. The zero-order valence-electron chi connectivity index (χ0n) is 9.15. The molecule has 0 fully saturated rings. The number of benzene rings is 1. The van der Waals surface area contributed by atoms with Crippen LogP contribution in [0.2, 0.25) is 0 Å². The number of aryl methyl sites for hydroxylation is 1. The Labute approximate surface area is 126 Å². The van der Waals surface area contributed by atoms with Crippen molar-refractivity contribution in [3.63, 3.8) is 0 Å². The summed E-state index contributed by atoms with van der Waals surface area (Å²) in [5.74, 6) is 0. The van der Waals surface area contributed by atoms with E-state index in [0.29, 0.717) is 9.60 Å². The second kappa shape index (κ2) is 5.28. The zero-order chi connectivity index (χ0) is 13.3. The van der Waals surface area contributed by atoms with Gasteiger partial charge in [0.15, 0.2) is 5.13 Å². The minimum Gasteiger partial charge on any atom is -0.255 e. The van der Waals surface area contributed by atoms with Crippen LogP contribution in [0, 0.1) is 6.92 Å². The Bertz CT molecular complexity index is 669. The van der Waals surface area contributed by atoms with Crippen molar-refractivity contribution in [3.8, 4) is 0 Å². The molecule has 0 aliphatic rings. The molecule has 0 unspecified atom stereocenters. The summed E-state index contributed by atoms with van der Waals surface area (Å²) in [6.45, 7) is 1.89. The number of halogens is 2. The van der Waals surface area contributed by atoms with Gasteiger partial charge in [-0.15, -0.1) is 11.3 Å². The number of sulfonamides is 1. The maximum Gasteiger partial charge on any atom is 0.264 e. The van der Waals surface area contributed by atoms with Crippen molar-refractivity contribution in [1.82, 2.24) is 4.98 Å². The van der Waals surface area contributed by atoms with E-state index in [1.165, 1.54) is 11.3 Å². The van der Waals surface area contributed by atoms with Crippen molar-refractivity contribution >= 4 is 58.4 Å². The molecule has 2 aromatic rings. The number of rotatable bonds is 3. The van der Waals surface area contributed by atoms with Crippen LogP contribution in [0.4, 0.5) is 5.13 Å². The molecule has 1 N–H and O–H groups in total. The molecule has 0 amide bonds. The highest BCUT2D eigenvalue weighted by atomic mass is 79.9. The molecule has 8 heteroatoms. The highest BCUT2D eigenvalue weighted by Crippen LogP contribution is 2.30. The minimum atomic E-state index is -3.63. The number of anilines is 1. The van der Waals surface area contributed by atoms with Crippen LogP contribution in [0.15, 0.2) is 37.6 Å². The molecule has 1 aromatic heterocycles. The van der Waals surface area contributed by atoms with E-state index in [2.05, 4.69) is 41.6 Å². The third-order valence-corrected chi connectivity index (χ3v) is 6.13. The summed E-state index contributed by atoms with van der Waals surface area (Å²) >= 11 is 7.82. The molecule has 0 saturated carbocycles. The van der Waals surface area contributed by atoms with Crippen LogP contribution in [0.1, 0.15) is 5.56 Å². The van der Waals surface area contributed by atoms with Gasteiger partial charge in [-0.1, -0.05) is 15.9 Å². The topological polar surface area (TPSA) is 59.1 Å². The maximum absolute atomic E-state index is 12.2. The fraction of sp³-hybridized carbons (Fsp3) is 0.100. The Hall–Kier alpha value is -0.440. The molecule has 0 saturated heterocycles. The molecule has 0 radical (unpaired) electrons. The SMILES string of the molecule is Cc1cc(Br)c(S(=O)(=O)Nc2nccs2)cc1Br. The molecule has 4 nitrogen and oxygen atoms in total. The first-order chi connectivity index (χ1) is 8.40. The third-order valence-electron chi connectivity index (χ3n) is 2.16. The van der Waals surface area contributed by atoms with Crippen LogP contribution in [0.5, 0.6) is 0 Å². The van der Waals surface area contributed by atoms with Crippen LogP contribution in [-0.4, -0.2) is 13.4 Å². The minimum absolute atomic E-state index is 0.176. The summed E-state index contributed by atoms with van der Waals surface area (Å²) < 4.78 is 28.1. The number of aromatic nitrogens is 1. The summed E-state index contributed by atoms with van der Waals surface area (Å²) in [5, 5.41) is 2.05. The first kappa shape index (κ1) is 14.0. The van der Waals surface area contributed by atoms with Gasteiger partial charge >= 0.3 is 0 Å². The van der Waals surface area contributed by atoms with Gasteiger partial charge in [0, 0.05) is 20.5 Å². The molecular formula is C10H8Br2N2O2S2. The summed E-state index contributed by atoms with van der Waals surface area (Å²) in [6.07, 6.45) is 1.54. The molecule has 96 valence electrons. The lowest BCUT2D eigenvalue weighted by atomic mass is 10.2. The van der Waals surface area contributed by atoms with Gasteiger partial charge in [0.1, 0.15) is 4.90 Å². The van der Waals surface area contributed by atoms with E-state index in [0.717, 1.165) is 10.0 Å². The lowest BCUT2D eigenvalue weighted by molar-refractivity contribution is 0.600. The summed E-state index contributed by atoms with van der Waals surface area (Å²) in [6, 6.07) is 3.32. The van der Waals surface area contributed by atoms with E-state index in [-0.39, 0.29) is 4.90 Å². The first-order valence-electron chi connectivity index (χ1n) is 4.78. The number of hydrogen-bond acceptors (Lipinski definition) is 4. The fourth-order valence-corrected chi connectivity index (χ4v) is 4.74. The maximum atomic E-state index is 12.2. The van der Waals surface area contributed by atoms with Crippen molar-refractivity contribution < 1.29 is 8.42 Å². The van der Waals surface area contributed by atoms with Crippen LogP contribution in [-0.2, 0) is 10.0 Å². The molecule has 0 spiro atoms. The molecule has 1 aromatic carbocycles. The Morgan fingerprint density at radius 2 is 2.00 bits per heavy atom. The Morgan fingerprint density at radius 3 is 2.61 bits per heavy atom. The standard InChI is InChI=1S/C10H8Br2N2O2S2/c1-6-4-8(12)9(5-7(6)11)18(15,16)14-10-13-2-3-17-10/h2-5H,1H3,(H,13,14). The van der Waals surface area contributed by atoms with Crippen LogP contribution < -0.4 is 4.72 Å². The predicted octanol–water partition coefficient (Wildman–Crippen LogP) is 3.78. The third kappa shape index (κ3) is 2.93. The van der Waals surface area contributed by atoms with E-state index >= 15 is 0 Å². The number of nitrogens with one attached hydrogen (secondary N) is 1. The number of nitrogens with zero attached hydrogens (tertiary/aromatic N) is 1. The van der Waals surface area contributed by atoms with Crippen molar-refractivity contribution in [3.05, 3.63) is 38.2 Å². The predicted molar refractivity (Wildman–Crippen MR) is 79.5 cm³/mol. The Kier molecular flexibility index (Phi) is 4.10. The van der Waals surface area contributed by atoms with E-state index < -0.39 is 10.0 Å². The molecular weight excluding hydrogens is 404 g/mol. The molecule has 0 aliphatic heterocycles. The van der Waals surface area contributed by atoms with Crippen LogP contribution in [0.3, 0.4) is 0 Å². The lowest BCUT2D eigenvalue weighted by Gasteiger charge is -2.09. The van der Waals surface area contributed by atoms with Gasteiger partial charge < -0.3 is 0 Å². The van der Waals surface area contributed by atoms with Crippen molar-refractivity contribution in [1.29, 1.82) is 0 Å². The second-order valence-electron chi connectivity index (χ2n) is 3.47. The molecule has 1 heterocycles. The Morgan fingerprint density at radius 1 is 1.28 bits per heavy atom. The fourth-order valence-electron chi connectivity index (χ4n) is 1.28. The van der Waals surface area contributed by atoms with Gasteiger partial charge in [-0.2, -0.15) is 0 Å². The summed E-state index contributed by atoms with van der Waals surface area (Å²) in [4.78, 5) is 4.07. The smallest absolute Gasteiger partial charge is 0.255 e. The molecule has 0 aliphatic carbocycles. The summed E-state index contributed by atoms with van der Waals surface area (Å²) in [5.41, 5.74) is 0.954. The zero-order valence-corrected chi connectivity index (χ0v) is 14.0. The van der Waals surface area contributed by atoms with Gasteiger partial charge in [0.05, 0.1) is 0 Å². The van der Waals surface area contributed by atoms with Gasteiger partial charge in [-0.25, -0.2) is 13.4 Å². The molecule has 2 rings (SSSR count). The monoisotopic (exact) mass is 410 g/mol. The van der Waals surface area contributed by atoms with E-state index in [1.807, 2.05) is 6.92 Å².